The quantitative estimate of drug-likeness (QED) is 0.427. The molecule has 4 atom stereocenters. The Bertz CT molecular complexity index is 659. The highest BCUT2D eigenvalue weighted by molar-refractivity contribution is 7.71. The third kappa shape index (κ3) is 5.76. The monoisotopic (exact) mass is 460 g/mol. The summed E-state index contributed by atoms with van der Waals surface area (Å²) in [5.74, 6) is 2.14. The first kappa shape index (κ1) is 24.2. The first-order valence-corrected chi connectivity index (χ1v) is 16.3. The zero-order chi connectivity index (χ0) is 21.8. The van der Waals surface area contributed by atoms with Gasteiger partial charge in [0, 0.05) is 11.0 Å². The highest BCUT2D eigenvalue weighted by Crippen LogP contribution is 2.57. The summed E-state index contributed by atoms with van der Waals surface area (Å²) < 4.78 is 0. The molecule has 3 aliphatic rings. The van der Waals surface area contributed by atoms with Gasteiger partial charge in [0.1, 0.15) is 0 Å². The molecule has 3 heteroatoms. The minimum absolute atomic E-state index is 0.151. The lowest BCUT2D eigenvalue weighted by Crippen LogP contribution is -2.37. The lowest BCUT2D eigenvalue weighted by atomic mass is 9.77. The van der Waals surface area contributed by atoms with Crippen molar-refractivity contribution in [3.05, 3.63) is 24.3 Å². The van der Waals surface area contributed by atoms with E-state index in [1.807, 2.05) is 0 Å². The van der Waals surface area contributed by atoms with E-state index in [0.29, 0.717) is 17.5 Å². The molecule has 1 unspecified atom stereocenters. The van der Waals surface area contributed by atoms with Crippen molar-refractivity contribution in [2.45, 2.75) is 121 Å². The first-order valence-electron chi connectivity index (χ1n) is 13.4. The van der Waals surface area contributed by atoms with Crippen LogP contribution in [0.5, 0.6) is 0 Å². The fourth-order valence-electron chi connectivity index (χ4n) is 6.90. The summed E-state index contributed by atoms with van der Waals surface area (Å²) in [5, 5.41) is 3.02. The van der Waals surface area contributed by atoms with E-state index in [1.54, 1.807) is 5.30 Å². The number of rotatable bonds is 6. The van der Waals surface area contributed by atoms with Gasteiger partial charge in [-0.05, 0) is 72.9 Å². The van der Waals surface area contributed by atoms with Crippen LogP contribution in [0.1, 0.15) is 104 Å². The van der Waals surface area contributed by atoms with Crippen LogP contribution >= 0.6 is 16.1 Å². The standard InChI is InChI=1S/C28H46OP2/c1-21(2)25-19-18-22(3)20-28(25)31(29)27-17-11-10-16-26(27)30(23-12-6-4-7-13-23)24-14-8-5-9-15-24/h10-11,16-17,21-25,28-29H,4-9,12-15,18-20H2,1-3H3/t22-,25+,28-,31?/m1/s1. The molecule has 0 aromatic heterocycles. The van der Waals surface area contributed by atoms with Gasteiger partial charge in [-0.3, -0.25) is 0 Å². The lowest BCUT2D eigenvalue weighted by Gasteiger charge is -2.42. The molecule has 1 aromatic carbocycles. The van der Waals surface area contributed by atoms with Gasteiger partial charge in [0.05, 0.1) is 8.15 Å². The van der Waals surface area contributed by atoms with E-state index in [4.69, 9.17) is 0 Å². The van der Waals surface area contributed by atoms with E-state index in [-0.39, 0.29) is 7.92 Å². The zero-order valence-electron chi connectivity index (χ0n) is 20.3. The molecule has 3 fully saturated rings. The molecular weight excluding hydrogens is 414 g/mol. The van der Waals surface area contributed by atoms with Crippen LogP contribution in [0.3, 0.4) is 0 Å². The number of hydrogen-bond donors (Lipinski definition) is 1. The number of hydrogen-bond acceptors (Lipinski definition) is 1. The van der Waals surface area contributed by atoms with Gasteiger partial charge in [-0.15, -0.1) is 0 Å². The van der Waals surface area contributed by atoms with E-state index >= 15 is 0 Å². The Morgan fingerprint density at radius 3 is 1.87 bits per heavy atom. The molecule has 1 aromatic rings. The van der Waals surface area contributed by atoms with Gasteiger partial charge >= 0.3 is 0 Å². The minimum atomic E-state index is -1.07. The van der Waals surface area contributed by atoms with Gasteiger partial charge in [0.2, 0.25) is 0 Å². The van der Waals surface area contributed by atoms with Gasteiger partial charge in [0.25, 0.3) is 0 Å². The summed E-state index contributed by atoms with van der Waals surface area (Å²) in [5.41, 5.74) is 2.31. The van der Waals surface area contributed by atoms with Crippen molar-refractivity contribution in [2.24, 2.45) is 17.8 Å². The van der Waals surface area contributed by atoms with Crippen LogP contribution in [0.2, 0.25) is 0 Å². The van der Waals surface area contributed by atoms with Crippen molar-refractivity contribution in [1.82, 2.24) is 0 Å². The Hall–Kier alpha value is 0.0400. The SMILES string of the molecule is CC(C)[C@@H]1CC[C@@H](C)C[C@H]1P(O)c1ccccc1P(C1CCCCC1)C1CCCCC1. The van der Waals surface area contributed by atoms with Crippen LogP contribution in [-0.2, 0) is 0 Å². The third-order valence-electron chi connectivity index (χ3n) is 8.64. The van der Waals surface area contributed by atoms with Crippen molar-refractivity contribution in [3.63, 3.8) is 0 Å². The summed E-state index contributed by atoms with van der Waals surface area (Å²) in [4.78, 5) is 12.0. The van der Waals surface area contributed by atoms with Crippen molar-refractivity contribution in [3.8, 4) is 0 Å². The van der Waals surface area contributed by atoms with Gasteiger partial charge in [-0.25, -0.2) is 0 Å². The topological polar surface area (TPSA) is 20.2 Å². The lowest BCUT2D eigenvalue weighted by molar-refractivity contribution is 0.236. The van der Waals surface area contributed by atoms with Gasteiger partial charge < -0.3 is 4.89 Å². The summed E-state index contributed by atoms with van der Waals surface area (Å²) in [6, 6.07) is 9.31. The minimum Gasteiger partial charge on any atom is -0.369 e. The average molecular weight is 461 g/mol. The van der Waals surface area contributed by atoms with Crippen LogP contribution in [0.25, 0.3) is 0 Å². The predicted molar refractivity (Wildman–Crippen MR) is 141 cm³/mol. The van der Waals surface area contributed by atoms with E-state index < -0.39 is 8.15 Å². The Balaban J connectivity index is 1.67. The van der Waals surface area contributed by atoms with E-state index in [1.165, 1.54) is 88.8 Å². The average Bonchev–Trinajstić information content (AvgIpc) is 2.80. The van der Waals surface area contributed by atoms with Crippen LogP contribution < -0.4 is 10.6 Å². The van der Waals surface area contributed by atoms with Gasteiger partial charge in [0.15, 0.2) is 0 Å². The summed E-state index contributed by atoms with van der Waals surface area (Å²) in [7, 11) is -1.22. The maximum Gasteiger partial charge on any atom is 0.0604 e. The van der Waals surface area contributed by atoms with Crippen molar-refractivity contribution in [1.29, 1.82) is 0 Å². The maximum absolute atomic E-state index is 12.0. The molecule has 0 radical (unpaired) electrons. The molecule has 1 nitrogen and oxygen atoms in total. The van der Waals surface area contributed by atoms with Crippen LogP contribution in [0.4, 0.5) is 0 Å². The van der Waals surface area contributed by atoms with E-state index in [9.17, 15) is 4.89 Å². The van der Waals surface area contributed by atoms with Gasteiger partial charge in [-0.1, -0.05) is 97.9 Å². The molecule has 0 saturated heterocycles. The first-order chi connectivity index (χ1) is 15.1. The summed E-state index contributed by atoms with van der Waals surface area (Å²) >= 11 is 0. The Morgan fingerprint density at radius 1 is 0.774 bits per heavy atom. The second kappa shape index (κ2) is 11.4. The predicted octanol–water partition coefficient (Wildman–Crippen LogP) is 7.93. The molecule has 0 amide bonds. The van der Waals surface area contributed by atoms with Crippen molar-refractivity contribution >= 4 is 26.7 Å². The fraction of sp³-hybridized carbons (Fsp3) is 0.786. The number of benzene rings is 1. The molecule has 31 heavy (non-hydrogen) atoms. The normalized spacial score (nSPS) is 30.1. The third-order valence-corrected chi connectivity index (χ3v) is 14.5. The summed E-state index contributed by atoms with van der Waals surface area (Å²) in [6.07, 6.45) is 18.3. The van der Waals surface area contributed by atoms with Crippen molar-refractivity contribution < 1.29 is 4.89 Å². The van der Waals surface area contributed by atoms with Crippen molar-refractivity contribution in [2.75, 3.05) is 0 Å². The highest BCUT2D eigenvalue weighted by Gasteiger charge is 2.39. The second-order valence-electron chi connectivity index (χ2n) is 11.2. The molecular formula is C28H46OP2. The van der Waals surface area contributed by atoms with E-state index in [0.717, 1.165) is 17.2 Å². The largest absolute Gasteiger partial charge is 0.369 e. The van der Waals surface area contributed by atoms with E-state index in [2.05, 4.69) is 45.0 Å². The van der Waals surface area contributed by atoms with Crippen LogP contribution in [0, 0.1) is 17.8 Å². The fourth-order valence-corrected chi connectivity index (χ4v) is 13.7. The molecule has 3 saturated carbocycles. The molecule has 0 aliphatic heterocycles. The molecule has 1 N–H and O–H groups in total. The Labute approximate surface area is 194 Å². The zero-order valence-corrected chi connectivity index (χ0v) is 22.1. The smallest absolute Gasteiger partial charge is 0.0604 e. The Kier molecular flexibility index (Phi) is 8.93. The van der Waals surface area contributed by atoms with Crippen LogP contribution in [-0.4, -0.2) is 21.9 Å². The highest BCUT2D eigenvalue weighted by atomic mass is 31.1. The molecule has 174 valence electrons. The Morgan fingerprint density at radius 2 is 1.32 bits per heavy atom. The maximum atomic E-state index is 12.0. The molecule has 0 bridgehead atoms. The summed E-state index contributed by atoms with van der Waals surface area (Å²) in [6.45, 7) is 7.19. The molecule has 0 spiro atoms. The molecule has 4 rings (SSSR count). The molecule has 0 heterocycles. The second-order valence-corrected chi connectivity index (χ2v) is 15.8. The molecule has 3 aliphatic carbocycles. The van der Waals surface area contributed by atoms with Gasteiger partial charge in [-0.2, -0.15) is 0 Å². The van der Waals surface area contributed by atoms with Crippen LogP contribution in [0.15, 0.2) is 24.3 Å².